The van der Waals surface area contributed by atoms with Crippen LogP contribution in [0.3, 0.4) is 0 Å². The van der Waals surface area contributed by atoms with Crippen molar-refractivity contribution in [1.29, 1.82) is 0 Å². The first-order valence-electron chi connectivity index (χ1n) is 5.86. The van der Waals surface area contributed by atoms with Gasteiger partial charge in [-0.05, 0) is 36.4 Å². The summed E-state index contributed by atoms with van der Waals surface area (Å²) >= 11 is 1.62. The highest BCUT2D eigenvalue weighted by molar-refractivity contribution is 7.21. The monoisotopic (exact) mass is 270 g/mol. The number of anilines is 1. The highest BCUT2D eigenvalue weighted by atomic mass is 32.1. The van der Waals surface area contributed by atoms with Crippen LogP contribution in [0.25, 0.3) is 20.8 Å². The number of benzene rings is 2. The van der Waals surface area contributed by atoms with Crippen molar-refractivity contribution in [2.45, 2.75) is 0 Å². The lowest BCUT2D eigenvalue weighted by atomic mass is 10.2. The summed E-state index contributed by atoms with van der Waals surface area (Å²) in [6.07, 6.45) is 0. The largest absolute Gasteiger partial charge is 0.454 e. The van der Waals surface area contributed by atoms with Crippen LogP contribution in [-0.2, 0) is 0 Å². The van der Waals surface area contributed by atoms with E-state index in [0.29, 0.717) is 0 Å². The molecule has 2 N–H and O–H groups in total. The summed E-state index contributed by atoms with van der Waals surface area (Å²) in [7, 11) is 0. The van der Waals surface area contributed by atoms with Gasteiger partial charge in [0.1, 0.15) is 5.01 Å². The predicted molar refractivity (Wildman–Crippen MR) is 75.6 cm³/mol. The summed E-state index contributed by atoms with van der Waals surface area (Å²) in [5, 5.41) is 0.957. The van der Waals surface area contributed by atoms with Crippen molar-refractivity contribution in [2.75, 3.05) is 12.5 Å². The Balaban J connectivity index is 1.85. The SMILES string of the molecule is Nc1ccc2nc(-c3ccc4c(c3)OCO4)sc2c1. The van der Waals surface area contributed by atoms with Crippen LogP contribution in [0.4, 0.5) is 5.69 Å². The Morgan fingerprint density at radius 3 is 2.89 bits per heavy atom. The zero-order valence-corrected chi connectivity index (χ0v) is 10.7. The summed E-state index contributed by atoms with van der Waals surface area (Å²) < 4.78 is 11.8. The Labute approximate surface area is 113 Å². The lowest BCUT2D eigenvalue weighted by molar-refractivity contribution is 0.174. The minimum atomic E-state index is 0.287. The second kappa shape index (κ2) is 3.86. The van der Waals surface area contributed by atoms with Crippen LogP contribution in [-0.4, -0.2) is 11.8 Å². The molecule has 1 aliphatic rings. The summed E-state index contributed by atoms with van der Waals surface area (Å²) in [4.78, 5) is 4.62. The lowest BCUT2D eigenvalue weighted by Gasteiger charge is -1.98. The van der Waals surface area contributed by atoms with Crippen LogP contribution in [0.15, 0.2) is 36.4 Å². The predicted octanol–water partition coefficient (Wildman–Crippen LogP) is 3.27. The topological polar surface area (TPSA) is 57.4 Å². The maximum atomic E-state index is 5.79. The van der Waals surface area contributed by atoms with E-state index in [1.807, 2.05) is 36.4 Å². The molecule has 1 aromatic heterocycles. The quantitative estimate of drug-likeness (QED) is 0.689. The highest BCUT2D eigenvalue weighted by Gasteiger charge is 2.15. The molecule has 0 atom stereocenters. The number of nitrogens with zero attached hydrogens (tertiary/aromatic N) is 1. The number of nitrogens with two attached hydrogens (primary N) is 1. The zero-order valence-electron chi connectivity index (χ0n) is 9.92. The van der Waals surface area contributed by atoms with E-state index in [2.05, 4.69) is 4.98 Å². The van der Waals surface area contributed by atoms with Crippen LogP contribution >= 0.6 is 11.3 Å². The van der Waals surface area contributed by atoms with E-state index >= 15 is 0 Å². The van der Waals surface area contributed by atoms with Crippen LogP contribution < -0.4 is 15.2 Å². The highest BCUT2D eigenvalue weighted by Crippen LogP contribution is 2.38. The van der Waals surface area contributed by atoms with Gasteiger partial charge in [-0.15, -0.1) is 11.3 Å². The Hall–Kier alpha value is -2.27. The molecule has 0 bridgehead atoms. The number of aromatic nitrogens is 1. The van der Waals surface area contributed by atoms with Gasteiger partial charge >= 0.3 is 0 Å². The van der Waals surface area contributed by atoms with Crippen molar-refractivity contribution in [3.05, 3.63) is 36.4 Å². The second-order valence-electron chi connectivity index (χ2n) is 4.31. The van der Waals surface area contributed by atoms with E-state index in [9.17, 15) is 0 Å². The molecule has 0 saturated heterocycles. The fourth-order valence-electron chi connectivity index (χ4n) is 2.09. The molecule has 0 aliphatic carbocycles. The third-order valence-electron chi connectivity index (χ3n) is 3.03. The number of rotatable bonds is 1. The van der Waals surface area contributed by atoms with E-state index < -0.39 is 0 Å². The fraction of sp³-hybridized carbons (Fsp3) is 0.0714. The standard InChI is InChI=1S/C14H10N2O2S/c15-9-2-3-10-13(6-9)19-14(16-10)8-1-4-11-12(5-8)18-7-17-11/h1-6H,7,15H2. The van der Waals surface area contributed by atoms with Crippen LogP contribution in [0.5, 0.6) is 11.5 Å². The van der Waals surface area contributed by atoms with Gasteiger partial charge in [-0.3, -0.25) is 0 Å². The van der Waals surface area contributed by atoms with Crippen molar-refractivity contribution >= 4 is 27.2 Å². The molecule has 0 radical (unpaired) electrons. The molecule has 0 unspecified atom stereocenters. The Kier molecular flexibility index (Phi) is 2.16. The maximum absolute atomic E-state index is 5.79. The number of thiazole rings is 1. The zero-order chi connectivity index (χ0) is 12.8. The summed E-state index contributed by atoms with van der Waals surface area (Å²) in [5.41, 5.74) is 8.54. The molecule has 0 fully saturated rings. The van der Waals surface area contributed by atoms with E-state index in [4.69, 9.17) is 15.2 Å². The Morgan fingerprint density at radius 2 is 1.95 bits per heavy atom. The maximum Gasteiger partial charge on any atom is 0.231 e. The molecule has 4 nitrogen and oxygen atoms in total. The van der Waals surface area contributed by atoms with Gasteiger partial charge < -0.3 is 15.2 Å². The van der Waals surface area contributed by atoms with Crippen LogP contribution in [0.2, 0.25) is 0 Å². The van der Waals surface area contributed by atoms with Crippen LogP contribution in [0.1, 0.15) is 0 Å². The van der Waals surface area contributed by atoms with Gasteiger partial charge in [0.2, 0.25) is 6.79 Å². The molecule has 2 aromatic carbocycles. The molecule has 0 spiro atoms. The van der Waals surface area contributed by atoms with E-state index in [1.54, 1.807) is 11.3 Å². The van der Waals surface area contributed by atoms with Gasteiger partial charge in [0.15, 0.2) is 11.5 Å². The summed E-state index contributed by atoms with van der Waals surface area (Å²) in [5.74, 6) is 1.56. The average molecular weight is 270 g/mol. The second-order valence-corrected chi connectivity index (χ2v) is 5.34. The van der Waals surface area contributed by atoms with Crippen molar-refractivity contribution < 1.29 is 9.47 Å². The average Bonchev–Trinajstić information content (AvgIpc) is 3.02. The van der Waals surface area contributed by atoms with Crippen molar-refractivity contribution in [3.8, 4) is 22.1 Å². The van der Waals surface area contributed by atoms with E-state index in [1.165, 1.54) is 0 Å². The number of ether oxygens (including phenoxy) is 2. The van der Waals surface area contributed by atoms with Gasteiger partial charge in [-0.1, -0.05) is 0 Å². The number of nitrogen functional groups attached to an aromatic ring is 1. The van der Waals surface area contributed by atoms with Gasteiger partial charge in [0.25, 0.3) is 0 Å². The molecule has 4 rings (SSSR count). The van der Waals surface area contributed by atoms with Crippen molar-refractivity contribution in [2.24, 2.45) is 0 Å². The van der Waals surface area contributed by atoms with E-state index in [-0.39, 0.29) is 6.79 Å². The minimum Gasteiger partial charge on any atom is -0.454 e. The van der Waals surface area contributed by atoms with Gasteiger partial charge in [-0.25, -0.2) is 4.98 Å². The molecular weight excluding hydrogens is 260 g/mol. The summed E-state index contributed by atoms with van der Waals surface area (Å²) in [6, 6.07) is 11.6. The first-order chi connectivity index (χ1) is 9.29. The molecule has 5 heteroatoms. The fourth-order valence-corrected chi connectivity index (χ4v) is 3.10. The van der Waals surface area contributed by atoms with Gasteiger partial charge in [-0.2, -0.15) is 0 Å². The normalized spacial score (nSPS) is 13.1. The molecule has 94 valence electrons. The molecule has 0 amide bonds. The smallest absolute Gasteiger partial charge is 0.231 e. The molecule has 19 heavy (non-hydrogen) atoms. The first kappa shape index (κ1) is 10.6. The van der Waals surface area contributed by atoms with Gasteiger partial charge in [0, 0.05) is 11.3 Å². The number of hydrogen-bond donors (Lipinski definition) is 1. The lowest BCUT2D eigenvalue weighted by Crippen LogP contribution is -1.92. The Bertz CT molecular complexity index is 782. The van der Waals surface area contributed by atoms with Gasteiger partial charge in [0.05, 0.1) is 10.2 Å². The van der Waals surface area contributed by atoms with Crippen molar-refractivity contribution in [1.82, 2.24) is 4.98 Å². The molecule has 0 saturated carbocycles. The third-order valence-corrected chi connectivity index (χ3v) is 4.10. The molecule has 3 aromatic rings. The van der Waals surface area contributed by atoms with E-state index in [0.717, 1.165) is 38.0 Å². The molecule has 1 aliphatic heterocycles. The minimum absolute atomic E-state index is 0.287. The van der Waals surface area contributed by atoms with Crippen LogP contribution in [0, 0.1) is 0 Å². The summed E-state index contributed by atoms with van der Waals surface area (Å²) in [6.45, 7) is 0.287. The molecule has 2 heterocycles. The Morgan fingerprint density at radius 1 is 1.05 bits per heavy atom. The van der Waals surface area contributed by atoms with Crippen molar-refractivity contribution in [3.63, 3.8) is 0 Å². The first-order valence-corrected chi connectivity index (χ1v) is 6.67. The third kappa shape index (κ3) is 1.70. The number of fused-ring (bicyclic) bond motifs is 2. The molecular formula is C14H10N2O2S. The number of hydrogen-bond acceptors (Lipinski definition) is 5.